The zero-order valence-electron chi connectivity index (χ0n) is 13.5. The number of benzene rings is 1. The van der Waals surface area contributed by atoms with Crippen LogP contribution in [-0.2, 0) is 17.8 Å². The molecular formula is C16H18N6O2. The van der Waals surface area contributed by atoms with Crippen LogP contribution in [0.2, 0.25) is 0 Å². The van der Waals surface area contributed by atoms with Crippen LogP contribution in [0.25, 0.3) is 0 Å². The van der Waals surface area contributed by atoms with Gasteiger partial charge in [-0.15, -0.1) is 5.10 Å². The van der Waals surface area contributed by atoms with Crippen LogP contribution in [0, 0.1) is 13.8 Å². The summed E-state index contributed by atoms with van der Waals surface area (Å²) in [6, 6.07) is 9.23. The second-order valence-corrected chi connectivity index (χ2v) is 5.52. The van der Waals surface area contributed by atoms with Crippen LogP contribution in [0.5, 0.6) is 0 Å². The Bertz CT molecular complexity index is 778. The average Bonchev–Trinajstić information content (AvgIpc) is 3.22. The highest BCUT2D eigenvalue weighted by Crippen LogP contribution is 2.15. The fourth-order valence-corrected chi connectivity index (χ4v) is 2.50. The van der Waals surface area contributed by atoms with Gasteiger partial charge in [-0.05, 0) is 29.8 Å². The van der Waals surface area contributed by atoms with Gasteiger partial charge in [0.25, 0.3) is 0 Å². The van der Waals surface area contributed by atoms with Crippen molar-refractivity contribution in [3.05, 3.63) is 59.2 Å². The molecule has 2 aromatic heterocycles. The molecule has 3 rings (SSSR count). The molecular weight excluding hydrogens is 308 g/mol. The molecule has 8 nitrogen and oxygen atoms in total. The van der Waals surface area contributed by atoms with Gasteiger partial charge in [-0.1, -0.05) is 35.5 Å². The predicted molar refractivity (Wildman–Crippen MR) is 84.8 cm³/mol. The van der Waals surface area contributed by atoms with E-state index in [0.717, 1.165) is 16.8 Å². The summed E-state index contributed by atoms with van der Waals surface area (Å²) in [5.41, 5.74) is 2.69. The third-order valence-corrected chi connectivity index (χ3v) is 3.88. The molecule has 0 radical (unpaired) electrons. The van der Waals surface area contributed by atoms with Crippen LogP contribution >= 0.6 is 0 Å². The van der Waals surface area contributed by atoms with Crippen LogP contribution in [0.3, 0.4) is 0 Å². The Morgan fingerprint density at radius 3 is 2.71 bits per heavy atom. The molecule has 0 saturated carbocycles. The number of hydrogen-bond donors (Lipinski definition) is 1. The molecule has 1 atom stereocenters. The molecule has 0 aliphatic rings. The maximum absolute atomic E-state index is 12.7. The Hall–Kier alpha value is -3.03. The maximum atomic E-state index is 12.7. The minimum absolute atomic E-state index is 0.161. The first-order chi connectivity index (χ1) is 11.6. The van der Waals surface area contributed by atoms with E-state index in [1.54, 1.807) is 0 Å². The van der Waals surface area contributed by atoms with E-state index in [1.165, 1.54) is 11.0 Å². The topological polar surface area (TPSA) is 98.7 Å². The Kier molecular flexibility index (Phi) is 4.64. The Labute approximate surface area is 138 Å². The fraction of sp³-hybridized carbons (Fsp3) is 0.312. The Morgan fingerprint density at radius 2 is 2.08 bits per heavy atom. The summed E-state index contributed by atoms with van der Waals surface area (Å²) in [6.07, 6.45) is 1.95. The van der Waals surface area contributed by atoms with Crippen LogP contribution in [-0.4, -0.2) is 31.3 Å². The van der Waals surface area contributed by atoms with Crippen molar-refractivity contribution in [2.45, 2.75) is 32.9 Å². The van der Waals surface area contributed by atoms with Crippen molar-refractivity contribution in [2.75, 3.05) is 0 Å². The summed E-state index contributed by atoms with van der Waals surface area (Å²) < 4.78 is 6.59. The van der Waals surface area contributed by atoms with E-state index >= 15 is 0 Å². The van der Waals surface area contributed by atoms with Gasteiger partial charge in [0, 0.05) is 18.5 Å². The molecule has 1 aromatic carbocycles. The van der Waals surface area contributed by atoms with Crippen molar-refractivity contribution >= 4 is 5.91 Å². The highest BCUT2D eigenvalue weighted by atomic mass is 16.5. The Morgan fingerprint density at radius 1 is 1.29 bits per heavy atom. The molecule has 124 valence electrons. The van der Waals surface area contributed by atoms with E-state index < -0.39 is 6.04 Å². The summed E-state index contributed by atoms with van der Waals surface area (Å²) in [5, 5.41) is 18.0. The fourth-order valence-electron chi connectivity index (χ4n) is 2.50. The van der Waals surface area contributed by atoms with Crippen LogP contribution in [0.15, 0.2) is 41.2 Å². The summed E-state index contributed by atoms with van der Waals surface area (Å²) in [7, 11) is 0. The van der Waals surface area contributed by atoms with Crippen LogP contribution in [0.1, 0.15) is 28.6 Å². The average molecular weight is 326 g/mol. The SMILES string of the molecule is Cc1noc(C)c1CNC(=O)C(Cc1ccccc1)n1cnnn1. The quantitative estimate of drug-likeness (QED) is 0.735. The van der Waals surface area contributed by atoms with E-state index in [2.05, 4.69) is 26.0 Å². The van der Waals surface area contributed by atoms with Crippen molar-refractivity contribution < 1.29 is 9.32 Å². The van der Waals surface area contributed by atoms with Gasteiger partial charge in [0.2, 0.25) is 5.91 Å². The van der Waals surface area contributed by atoms with Gasteiger partial charge in [-0.25, -0.2) is 4.68 Å². The number of carbonyl (C=O) groups is 1. The predicted octanol–water partition coefficient (Wildman–Crippen LogP) is 1.38. The number of carbonyl (C=O) groups excluding carboxylic acids is 1. The lowest BCUT2D eigenvalue weighted by Gasteiger charge is -2.16. The standard InChI is InChI=1S/C16H18N6O2/c1-11-14(12(2)24-19-11)9-17-16(23)15(22-10-18-20-21-22)8-13-6-4-3-5-7-13/h3-7,10,15H,8-9H2,1-2H3,(H,17,23). The third kappa shape index (κ3) is 3.48. The van der Waals surface area contributed by atoms with E-state index in [9.17, 15) is 4.79 Å². The van der Waals surface area contributed by atoms with Crippen LogP contribution in [0.4, 0.5) is 0 Å². The number of aromatic nitrogens is 5. The van der Waals surface area contributed by atoms with E-state index in [-0.39, 0.29) is 5.91 Å². The minimum Gasteiger partial charge on any atom is -0.361 e. The highest BCUT2D eigenvalue weighted by molar-refractivity contribution is 5.80. The number of nitrogens with zero attached hydrogens (tertiary/aromatic N) is 5. The molecule has 8 heteroatoms. The molecule has 3 aromatic rings. The van der Waals surface area contributed by atoms with Crippen molar-refractivity contribution in [3.8, 4) is 0 Å². The lowest BCUT2D eigenvalue weighted by atomic mass is 10.1. The van der Waals surface area contributed by atoms with Crippen molar-refractivity contribution in [1.29, 1.82) is 0 Å². The molecule has 24 heavy (non-hydrogen) atoms. The molecule has 0 aliphatic carbocycles. The molecule has 0 spiro atoms. The second kappa shape index (κ2) is 7.03. The van der Waals surface area contributed by atoms with Crippen molar-refractivity contribution in [2.24, 2.45) is 0 Å². The van der Waals surface area contributed by atoms with E-state index in [1.807, 2.05) is 44.2 Å². The number of rotatable bonds is 6. The molecule has 1 amide bonds. The summed E-state index contributed by atoms with van der Waals surface area (Å²) >= 11 is 0. The number of aryl methyl sites for hydroxylation is 2. The van der Waals surface area contributed by atoms with Gasteiger partial charge in [-0.2, -0.15) is 0 Å². The first kappa shape index (κ1) is 15.9. The Balaban J connectivity index is 1.74. The highest BCUT2D eigenvalue weighted by Gasteiger charge is 2.23. The minimum atomic E-state index is -0.525. The van der Waals surface area contributed by atoms with Gasteiger partial charge < -0.3 is 9.84 Å². The summed E-state index contributed by atoms with van der Waals surface area (Å²) in [5.74, 6) is 0.543. The van der Waals surface area contributed by atoms with Gasteiger partial charge in [-0.3, -0.25) is 4.79 Å². The molecule has 2 heterocycles. The lowest BCUT2D eigenvalue weighted by molar-refractivity contribution is -0.124. The largest absolute Gasteiger partial charge is 0.361 e. The first-order valence-electron chi connectivity index (χ1n) is 7.61. The molecule has 0 aliphatic heterocycles. The maximum Gasteiger partial charge on any atom is 0.245 e. The van der Waals surface area contributed by atoms with E-state index in [0.29, 0.717) is 18.7 Å². The number of hydrogen-bond acceptors (Lipinski definition) is 6. The summed E-state index contributed by atoms with van der Waals surface area (Å²) in [6.45, 7) is 4.03. The van der Waals surface area contributed by atoms with Gasteiger partial charge in [0.1, 0.15) is 18.1 Å². The molecule has 0 fully saturated rings. The van der Waals surface area contributed by atoms with E-state index in [4.69, 9.17) is 4.52 Å². The number of tetrazole rings is 1. The lowest BCUT2D eigenvalue weighted by Crippen LogP contribution is -2.34. The van der Waals surface area contributed by atoms with Gasteiger partial charge in [0.05, 0.1) is 5.69 Å². The summed E-state index contributed by atoms with van der Waals surface area (Å²) in [4.78, 5) is 12.7. The van der Waals surface area contributed by atoms with Gasteiger partial charge in [0.15, 0.2) is 0 Å². The zero-order valence-corrected chi connectivity index (χ0v) is 13.5. The second-order valence-electron chi connectivity index (χ2n) is 5.52. The molecule has 1 unspecified atom stereocenters. The van der Waals surface area contributed by atoms with Crippen molar-refractivity contribution in [1.82, 2.24) is 30.7 Å². The first-order valence-corrected chi connectivity index (χ1v) is 7.61. The molecule has 1 N–H and O–H groups in total. The molecule has 0 bridgehead atoms. The normalized spacial score (nSPS) is 12.1. The number of amides is 1. The number of nitrogens with one attached hydrogen (secondary N) is 1. The zero-order chi connectivity index (χ0) is 16.9. The molecule has 0 saturated heterocycles. The van der Waals surface area contributed by atoms with Crippen LogP contribution < -0.4 is 5.32 Å². The third-order valence-electron chi connectivity index (χ3n) is 3.88. The smallest absolute Gasteiger partial charge is 0.245 e. The monoisotopic (exact) mass is 326 g/mol. The van der Waals surface area contributed by atoms with Gasteiger partial charge >= 0.3 is 0 Å². The van der Waals surface area contributed by atoms with Crippen molar-refractivity contribution in [3.63, 3.8) is 0 Å².